The molecule has 0 aromatic heterocycles. The lowest BCUT2D eigenvalue weighted by Gasteiger charge is -2.24. The second-order valence-corrected chi connectivity index (χ2v) is 4.15. The fourth-order valence-corrected chi connectivity index (χ4v) is 2.38. The molecule has 4 atom stereocenters. The van der Waals surface area contributed by atoms with Gasteiger partial charge in [0.25, 0.3) is 0 Å². The SMILES string of the molecule is CC1C=CC2CC(CO)NC2C1. The topological polar surface area (TPSA) is 32.3 Å². The van der Waals surface area contributed by atoms with E-state index in [1.54, 1.807) is 0 Å². The van der Waals surface area contributed by atoms with E-state index >= 15 is 0 Å². The Balaban J connectivity index is 2.02. The van der Waals surface area contributed by atoms with E-state index in [2.05, 4.69) is 24.4 Å². The van der Waals surface area contributed by atoms with Crippen molar-refractivity contribution >= 4 is 0 Å². The van der Waals surface area contributed by atoms with Gasteiger partial charge in [0.15, 0.2) is 0 Å². The molecule has 2 aliphatic rings. The van der Waals surface area contributed by atoms with E-state index in [0.717, 1.165) is 6.42 Å². The van der Waals surface area contributed by atoms with E-state index < -0.39 is 0 Å². The number of aliphatic hydroxyl groups excluding tert-OH is 1. The van der Waals surface area contributed by atoms with Gasteiger partial charge in [0.05, 0.1) is 6.61 Å². The summed E-state index contributed by atoms with van der Waals surface area (Å²) in [6.07, 6.45) is 6.98. The molecule has 0 amide bonds. The van der Waals surface area contributed by atoms with Crippen LogP contribution in [0.3, 0.4) is 0 Å². The quantitative estimate of drug-likeness (QED) is 0.569. The summed E-state index contributed by atoms with van der Waals surface area (Å²) in [6.45, 7) is 2.54. The summed E-state index contributed by atoms with van der Waals surface area (Å²) in [4.78, 5) is 0. The van der Waals surface area contributed by atoms with Gasteiger partial charge in [0.1, 0.15) is 0 Å². The Morgan fingerprint density at radius 2 is 2.25 bits per heavy atom. The second kappa shape index (κ2) is 3.19. The molecule has 2 nitrogen and oxygen atoms in total. The molecule has 0 aromatic carbocycles. The molecule has 0 saturated carbocycles. The summed E-state index contributed by atoms with van der Waals surface area (Å²) < 4.78 is 0. The minimum Gasteiger partial charge on any atom is -0.395 e. The molecule has 1 aliphatic heterocycles. The first kappa shape index (κ1) is 8.27. The van der Waals surface area contributed by atoms with E-state index in [1.807, 2.05) is 0 Å². The summed E-state index contributed by atoms with van der Waals surface area (Å²) >= 11 is 0. The van der Waals surface area contributed by atoms with E-state index in [4.69, 9.17) is 5.11 Å². The molecular formula is C10H17NO. The molecule has 0 spiro atoms. The Kier molecular flexibility index (Phi) is 2.20. The van der Waals surface area contributed by atoms with Crippen LogP contribution in [0.25, 0.3) is 0 Å². The smallest absolute Gasteiger partial charge is 0.0584 e. The lowest BCUT2D eigenvalue weighted by molar-refractivity contribution is 0.250. The fourth-order valence-electron chi connectivity index (χ4n) is 2.38. The zero-order valence-electron chi connectivity index (χ0n) is 7.53. The molecule has 1 fully saturated rings. The first-order valence-corrected chi connectivity index (χ1v) is 4.85. The number of hydrogen-bond acceptors (Lipinski definition) is 2. The van der Waals surface area contributed by atoms with Gasteiger partial charge in [-0.1, -0.05) is 19.1 Å². The maximum atomic E-state index is 8.99. The van der Waals surface area contributed by atoms with Crippen LogP contribution in [0, 0.1) is 11.8 Å². The van der Waals surface area contributed by atoms with Gasteiger partial charge in [-0.3, -0.25) is 0 Å². The molecule has 2 heteroatoms. The molecular weight excluding hydrogens is 150 g/mol. The van der Waals surface area contributed by atoms with Gasteiger partial charge in [0.2, 0.25) is 0 Å². The standard InChI is InChI=1S/C10H17NO/c1-7-2-3-8-5-9(6-12)11-10(8)4-7/h2-3,7-12H,4-6H2,1H3. The number of aliphatic hydroxyl groups is 1. The largest absolute Gasteiger partial charge is 0.395 e. The van der Waals surface area contributed by atoms with Gasteiger partial charge in [-0.05, 0) is 24.7 Å². The predicted molar refractivity (Wildman–Crippen MR) is 48.8 cm³/mol. The second-order valence-electron chi connectivity index (χ2n) is 4.15. The van der Waals surface area contributed by atoms with Gasteiger partial charge < -0.3 is 10.4 Å². The summed E-state index contributed by atoms with van der Waals surface area (Å²) in [6, 6.07) is 0.970. The molecule has 1 saturated heterocycles. The van der Waals surface area contributed by atoms with Gasteiger partial charge >= 0.3 is 0 Å². The zero-order chi connectivity index (χ0) is 8.55. The Morgan fingerprint density at radius 3 is 3.00 bits per heavy atom. The molecule has 1 heterocycles. The van der Waals surface area contributed by atoms with Crippen molar-refractivity contribution in [1.82, 2.24) is 5.32 Å². The van der Waals surface area contributed by atoms with E-state index in [0.29, 0.717) is 23.9 Å². The van der Waals surface area contributed by atoms with Crippen molar-refractivity contribution in [3.8, 4) is 0 Å². The fraction of sp³-hybridized carbons (Fsp3) is 0.800. The number of allylic oxidation sites excluding steroid dienone is 1. The van der Waals surface area contributed by atoms with E-state index in [9.17, 15) is 0 Å². The molecule has 0 bridgehead atoms. The molecule has 68 valence electrons. The number of hydrogen-bond donors (Lipinski definition) is 2. The average Bonchev–Trinajstić information content (AvgIpc) is 2.46. The van der Waals surface area contributed by atoms with Crippen LogP contribution in [0.5, 0.6) is 0 Å². The highest BCUT2D eigenvalue weighted by molar-refractivity contribution is 5.08. The van der Waals surface area contributed by atoms with Crippen LogP contribution >= 0.6 is 0 Å². The first-order chi connectivity index (χ1) is 5.79. The van der Waals surface area contributed by atoms with Crippen LogP contribution in [0.15, 0.2) is 12.2 Å². The first-order valence-electron chi connectivity index (χ1n) is 4.85. The maximum absolute atomic E-state index is 8.99. The molecule has 2 N–H and O–H groups in total. The van der Waals surface area contributed by atoms with Gasteiger partial charge in [-0.15, -0.1) is 0 Å². The summed E-state index contributed by atoms with van der Waals surface area (Å²) in [5, 5.41) is 12.5. The zero-order valence-corrected chi connectivity index (χ0v) is 7.53. The summed E-state index contributed by atoms with van der Waals surface area (Å²) in [7, 11) is 0. The number of rotatable bonds is 1. The third-order valence-corrected chi connectivity index (χ3v) is 3.06. The van der Waals surface area contributed by atoms with Gasteiger partial charge in [-0.2, -0.15) is 0 Å². The minimum absolute atomic E-state index is 0.287. The molecule has 0 radical (unpaired) electrons. The lowest BCUT2D eigenvalue weighted by atomic mass is 9.86. The van der Waals surface area contributed by atoms with Crippen molar-refractivity contribution in [3.63, 3.8) is 0 Å². The Bertz CT molecular complexity index is 190. The monoisotopic (exact) mass is 167 g/mol. The molecule has 1 aliphatic carbocycles. The Hall–Kier alpha value is -0.340. The highest BCUT2D eigenvalue weighted by Gasteiger charge is 2.33. The van der Waals surface area contributed by atoms with Crippen molar-refractivity contribution in [2.24, 2.45) is 11.8 Å². The van der Waals surface area contributed by atoms with E-state index in [-0.39, 0.29) is 6.61 Å². The predicted octanol–water partition coefficient (Wildman–Crippen LogP) is 0.921. The molecule has 12 heavy (non-hydrogen) atoms. The summed E-state index contributed by atoms with van der Waals surface area (Å²) in [5.74, 6) is 1.38. The normalized spacial score (nSPS) is 46.2. The van der Waals surface area contributed by atoms with Crippen LogP contribution < -0.4 is 5.32 Å². The maximum Gasteiger partial charge on any atom is 0.0584 e. The highest BCUT2D eigenvalue weighted by atomic mass is 16.3. The van der Waals surface area contributed by atoms with Crippen molar-refractivity contribution < 1.29 is 5.11 Å². The van der Waals surface area contributed by atoms with Gasteiger partial charge in [-0.25, -0.2) is 0 Å². The molecule has 0 aromatic rings. The van der Waals surface area contributed by atoms with Crippen LogP contribution in [0.1, 0.15) is 19.8 Å². The number of fused-ring (bicyclic) bond motifs is 1. The van der Waals surface area contributed by atoms with Crippen molar-refractivity contribution in [3.05, 3.63) is 12.2 Å². The third kappa shape index (κ3) is 1.41. The molecule has 4 unspecified atom stereocenters. The molecule has 2 rings (SSSR count). The van der Waals surface area contributed by atoms with Crippen molar-refractivity contribution in [1.29, 1.82) is 0 Å². The van der Waals surface area contributed by atoms with Crippen molar-refractivity contribution in [2.75, 3.05) is 6.61 Å². The van der Waals surface area contributed by atoms with Crippen LogP contribution in [-0.4, -0.2) is 23.8 Å². The van der Waals surface area contributed by atoms with Crippen LogP contribution in [0.2, 0.25) is 0 Å². The number of nitrogens with one attached hydrogen (secondary N) is 1. The van der Waals surface area contributed by atoms with Crippen molar-refractivity contribution in [2.45, 2.75) is 31.8 Å². The lowest BCUT2D eigenvalue weighted by Crippen LogP contribution is -2.35. The summed E-state index contributed by atoms with van der Waals surface area (Å²) in [5.41, 5.74) is 0. The van der Waals surface area contributed by atoms with Crippen LogP contribution in [0.4, 0.5) is 0 Å². The minimum atomic E-state index is 0.287. The van der Waals surface area contributed by atoms with Crippen LogP contribution in [-0.2, 0) is 0 Å². The average molecular weight is 167 g/mol. The van der Waals surface area contributed by atoms with E-state index in [1.165, 1.54) is 6.42 Å². The Morgan fingerprint density at radius 1 is 1.42 bits per heavy atom. The Labute approximate surface area is 73.7 Å². The van der Waals surface area contributed by atoms with Gasteiger partial charge in [0, 0.05) is 12.1 Å². The third-order valence-electron chi connectivity index (χ3n) is 3.06. The highest BCUT2D eigenvalue weighted by Crippen LogP contribution is 2.30.